The lowest BCUT2D eigenvalue weighted by atomic mass is 10.1. The second kappa shape index (κ2) is 5.95. The van der Waals surface area contributed by atoms with Gasteiger partial charge in [-0.3, -0.25) is 14.9 Å². The molecule has 0 amide bonds. The molecular formula is C10H13FN5O5P. The van der Waals surface area contributed by atoms with Gasteiger partial charge >= 0.3 is 0 Å². The molecule has 22 heavy (non-hydrogen) atoms. The lowest BCUT2D eigenvalue weighted by Crippen LogP contribution is -2.31. The van der Waals surface area contributed by atoms with Crippen LogP contribution < -0.4 is 11.1 Å². The second-order valence-electron chi connectivity index (χ2n) is 4.65. The fraction of sp³-hybridized carbons (Fsp3) is 0.500. The van der Waals surface area contributed by atoms with Gasteiger partial charge < -0.3 is 24.2 Å². The second-order valence-corrected chi connectivity index (χ2v) is 5.52. The Kier molecular flexibility index (Phi) is 4.17. The standard InChI is InChI=1S/C10H13FN5O5P/c11-5-7(17)4(1-20-22(12)19)21-10(5)16-3-15-6-8(16)13-2-14-9(6)18/h2-5,7,10,17,19H,1,12H2,(H,13,14,18)/t4-,5-,7-,10-,22?/m1/s1. The Morgan fingerprint density at radius 3 is 3.09 bits per heavy atom. The molecule has 0 spiro atoms. The number of nitrogens with one attached hydrogen (secondary N) is 1. The molecule has 0 aromatic carbocycles. The van der Waals surface area contributed by atoms with Gasteiger partial charge in [-0.2, -0.15) is 0 Å². The highest BCUT2D eigenvalue weighted by Crippen LogP contribution is 2.34. The Morgan fingerprint density at radius 2 is 2.36 bits per heavy atom. The number of aromatic amines is 1. The number of aliphatic hydroxyl groups is 1. The molecule has 1 saturated heterocycles. The van der Waals surface area contributed by atoms with E-state index in [1.807, 2.05) is 0 Å². The number of ether oxygens (including phenoxy) is 1. The van der Waals surface area contributed by atoms with E-state index in [1.165, 1.54) is 10.9 Å². The molecule has 120 valence electrons. The molecule has 0 radical (unpaired) electrons. The van der Waals surface area contributed by atoms with E-state index in [0.717, 1.165) is 6.33 Å². The van der Waals surface area contributed by atoms with Gasteiger partial charge in [-0.05, 0) is 0 Å². The third-order valence-electron chi connectivity index (χ3n) is 3.30. The minimum absolute atomic E-state index is 0.0355. The van der Waals surface area contributed by atoms with Gasteiger partial charge in [0, 0.05) is 0 Å². The Bertz CT molecular complexity index is 723. The number of fused-ring (bicyclic) bond motifs is 1. The van der Waals surface area contributed by atoms with Crippen molar-refractivity contribution in [2.75, 3.05) is 6.61 Å². The van der Waals surface area contributed by atoms with E-state index < -0.39 is 38.7 Å². The molecule has 1 fully saturated rings. The van der Waals surface area contributed by atoms with Gasteiger partial charge in [-0.15, -0.1) is 0 Å². The number of rotatable bonds is 4. The zero-order valence-corrected chi connectivity index (χ0v) is 11.9. The molecule has 10 nitrogen and oxygen atoms in total. The number of nitrogens with two attached hydrogens (primary N) is 1. The average Bonchev–Trinajstić information content (AvgIpc) is 3.01. The maximum atomic E-state index is 14.3. The van der Waals surface area contributed by atoms with Crippen LogP contribution in [0.3, 0.4) is 0 Å². The van der Waals surface area contributed by atoms with Crippen LogP contribution in [0.15, 0.2) is 17.4 Å². The lowest BCUT2D eigenvalue weighted by Gasteiger charge is -2.15. The largest absolute Gasteiger partial charge is 0.387 e. The molecule has 3 heterocycles. The number of nitrogens with zero attached hydrogens (tertiary/aromatic N) is 3. The molecule has 1 aliphatic heterocycles. The Labute approximate surface area is 123 Å². The summed E-state index contributed by atoms with van der Waals surface area (Å²) < 4.78 is 25.7. The maximum Gasteiger partial charge on any atom is 0.278 e. The molecule has 1 unspecified atom stereocenters. The van der Waals surface area contributed by atoms with Crippen LogP contribution in [0.2, 0.25) is 0 Å². The number of H-pyrrole nitrogens is 1. The van der Waals surface area contributed by atoms with Crippen molar-refractivity contribution in [3.05, 3.63) is 23.0 Å². The van der Waals surface area contributed by atoms with Gasteiger partial charge in [0.15, 0.2) is 23.6 Å². The zero-order valence-electron chi connectivity index (χ0n) is 11.0. The van der Waals surface area contributed by atoms with Gasteiger partial charge in [0.2, 0.25) is 8.53 Å². The first-order valence-corrected chi connectivity index (χ1v) is 7.51. The van der Waals surface area contributed by atoms with Crippen molar-refractivity contribution < 1.29 is 23.7 Å². The zero-order chi connectivity index (χ0) is 15.9. The van der Waals surface area contributed by atoms with E-state index in [-0.39, 0.29) is 17.8 Å². The fourth-order valence-corrected chi connectivity index (χ4v) is 2.56. The first-order chi connectivity index (χ1) is 10.5. The quantitative estimate of drug-likeness (QED) is 0.516. The molecule has 0 aliphatic carbocycles. The summed E-state index contributed by atoms with van der Waals surface area (Å²) in [6, 6.07) is 0. The topological polar surface area (TPSA) is 149 Å². The smallest absolute Gasteiger partial charge is 0.278 e. The van der Waals surface area contributed by atoms with E-state index in [9.17, 15) is 14.3 Å². The Hall–Kier alpha value is -1.49. The maximum absolute atomic E-state index is 14.3. The summed E-state index contributed by atoms with van der Waals surface area (Å²) in [4.78, 5) is 30.6. The van der Waals surface area contributed by atoms with Crippen molar-refractivity contribution in [3.63, 3.8) is 0 Å². The molecule has 2 aromatic rings. The van der Waals surface area contributed by atoms with Crippen molar-refractivity contribution in [2.45, 2.75) is 24.6 Å². The van der Waals surface area contributed by atoms with Crippen LogP contribution in [0.4, 0.5) is 4.39 Å². The van der Waals surface area contributed by atoms with Gasteiger partial charge in [0.05, 0.1) is 19.3 Å². The molecule has 3 rings (SSSR count). The van der Waals surface area contributed by atoms with Crippen LogP contribution in [0.5, 0.6) is 0 Å². The fourth-order valence-electron chi connectivity index (χ4n) is 2.26. The van der Waals surface area contributed by atoms with Gasteiger partial charge in [0.1, 0.15) is 12.2 Å². The molecule has 5 N–H and O–H groups in total. The van der Waals surface area contributed by atoms with Crippen LogP contribution >= 0.6 is 8.53 Å². The van der Waals surface area contributed by atoms with Crippen molar-refractivity contribution in [1.29, 1.82) is 0 Å². The number of hydrogen-bond acceptors (Lipinski definition) is 8. The van der Waals surface area contributed by atoms with Gasteiger partial charge in [-0.25, -0.2) is 14.4 Å². The van der Waals surface area contributed by atoms with Crippen LogP contribution in [0.1, 0.15) is 6.23 Å². The monoisotopic (exact) mass is 333 g/mol. The SMILES string of the molecule is NP(O)OC[C@H]1O[C@@H](n2cnc3c(=O)[nH]cnc32)[C@H](F)[C@@H]1O. The summed E-state index contributed by atoms with van der Waals surface area (Å²) in [5, 5.41) is 9.85. The number of imidazole rings is 1. The molecule has 2 aromatic heterocycles. The first kappa shape index (κ1) is 15.4. The highest BCUT2D eigenvalue weighted by Gasteiger charge is 2.46. The van der Waals surface area contributed by atoms with Crippen molar-refractivity contribution in [2.24, 2.45) is 5.50 Å². The van der Waals surface area contributed by atoms with Crippen LogP contribution in [-0.2, 0) is 9.26 Å². The van der Waals surface area contributed by atoms with E-state index in [1.54, 1.807) is 0 Å². The summed E-state index contributed by atoms with van der Waals surface area (Å²) >= 11 is 0. The van der Waals surface area contributed by atoms with Crippen LogP contribution in [0.25, 0.3) is 11.2 Å². The summed E-state index contributed by atoms with van der Waals surface area (Å²) in [6.45, 7) is -0.266. The number of halogens is 1. The van der Waals surface area contributed by atoms with Crippen molar-refractivity contribution in [1.82, 2.24) is 19.5 Å². The van der Waals surface area contributed by atoms with E-state index in [0.29, 0.717) is 0 Å². The molecule has 0 bridgehead atoms. The number of aromatic nitrogens is 4. The molecule has 1 aliphatic rings. The van der Waals surface area contributed by atoms with Crippen LogP contribution in [-0.4, -0.2) is 54.5 Å². The minimum Gasteiger partial charge on any atom is -0.387 e. The summed E-state index contributed by atoms with van der Waals surface area (Å²) in [6.07, 6.45) is -3.11. The number of hydrogen-bond donors (Lipinski definition) is 4. The highest BCUT2D eigenvalue weighted by molar-refractivity contribution is 7.43. The van der Waals surface area contributed by atoms with Gasteiger partial charge in [-0.1, -0.05) is 0 Å². The van der Waals surface area contributed by atoms with Crippen LogP contribution in [0, 0.1) is 0 Å². The molecule has 0 saturated carbocycles. The third-order valence-corrected chi connectivity index (χ3v) is 3.72. The van der Waals surface area contributed by atoms with E-state index in [2.05, 4.69) is 15.0 Å². The first-order valence-electron chi connectivity index (χ1n) is 6.23. The predicted molar refractivity (Wildman–Crippen MR) is 72.2 cm³/mol. The van der Waals surface area contributed by atoms with Gasteiger partial charge in [0.25, 0.3) is 5.56 Å². The van der Waals surface area contributed by atoms with E-state index in [4.69, 9.17) is 19.7 Å². The lowest BCUT2D eigenvalue weighted by molar-refractivity contribution is -0.0410. The minimum atomic E-state index is -2.13. The summed E-state index contributed by atoms with van der Waals surface area (Å²) in [7, 11) is -2.13. The average molecular weight is 333 g/mol. The number of alkyl halides is 1. The normalized spacial score (nSPS) is 30.0. The number of aliphatic hydroxyl groups excluding tert-OH is 1. The Balaban J connectivity index is 1.88. The predicted octanol–water partition coefficient (Wildman–Crippen LogP) is -1.09. The van der Waals surface area contributed by atoms with E-state index >= 15 is 0 Å². The Morgan fingerprint density at radius 1 is 1.59 bits per heavy atom. The molecular weight excluding hydrogens is 320 g/mol. The summed E-state index contributed by atoms with van der Waals surface area (Å²) in [5.74, 6) is 0. The third kappa shape index (κ3) is 2.62. The molecule has 5 atom stereocenters. The highest BCUT2D eigenvalue weighted by atomic mass is 31.2. The van der Waals surface area contributed by atoms with Crippen molar-refractivity contribution >= 4 is 19.7 Å². The van der Waals surface area contributed by atoms with Crippen molar-refractivity contribution in [3.8, 4) is 0 Å². The summed E-state index contributed by atoms with van der Waals surface area (Å²) in [5.41, 5.74) is 4.78. The molecule has 12 heteroatoms.